The first-order valence-corrected chi connectivity index (χ1v) is 9.63. The Balaban J connectivity index is 2.65. The van der Waals surface area contributed by atoms with Gasteiger partial charge in [-0.15, -0.1) is 33.2 Å². The van der Waals surface area contributed by atoms with E-state index < -0.39 is 6.00 Å². The van der Waals surface area contributed by atoms with Crippen molar-refractivity contribution in [3.63, 3.8) is 0 Å². The molecule has 78 valence electrons. The van der Waals surface area contributed by atoms with Crippen LogP contribution in [0.4, 0.5) is 0 Å². The van der Waals surface area contributed by atoms with E-state index in [1.165, 1.54) is 11.1 Å². The Hall–Kier alpha value is 0.307. The van der Waals surface area contributed by atoms with Gasteiger partial charge < -0.3 is 0 Å². The molecule has 0 heterocycles. The molecule has 0 nitrogen and oxygen atoms in total. The molecule has 1 aromatic rings. The summed E-state index contributed by atoms with van der Waals surface area (Å²) in [6.07, 6.45) is 0.850. The molecule has 0 saturated carbocycles. The van der Waals surface area contributed by atoms with Gasteiger partial charge in [0.25, 0.3) is 0 Å². The van der Waals surface area contributed by atoms with Crippen LogP contribution in [0, 0.1) is 6.92 Å². The van der Waals surface area contributed by atoms with E-state index in [-0.39, 0.29) is 5.54 Å². The Morgan fingerprint density at radius 2 is 1.64 bits per heavy atom. The minimum atomic E-state index is -2.54. The van der Waals surface area contributed by atoms with Gasteiger partial charge in [0, 0.05) is 0 Å². The zero-order chi connectivity index (χ0) is 10.8. The molecular formula is C10H13Cl3Si. The fourth-order valence-electron chi connectivity index (χ4n) is 1.19. The summed E-state index contributed by atoms with van der Waals surface area (Å²) in [7, 11) is 0. The minimum Gasteiger partial charge on any atom is -0.126 e. The lowest BCUT2D eigenvalue weighted by molar-refractivity contribution is 0.904. The zero-order valence-electron chi connectivity index (χ0n) is 8.23. The van der Waals surface area contributed by atoms with Crippen molar-refractivity contribution in [1.29, 1.82) is 0 Å². The van der Waals surface area contributed by atoms with Crippen LogP contribution < -0.4 is 0 Å². The van der Waals surface area contributed by atoms with Gasteiger partial charge in [-0.2, -0.15) is 0 Å². The van der Waals surface area contributed by atoms with Crippen molar-refractivity contribution in [2.24, 2.45) is 0 Å². The SMILES string of the molecule is Cc1ccc(CC(C)[Si](Cl)(Cl)Cl)cc1. The van der Waals surface area contributed by atoms with E-state index in [0.717, 1.165) is 6.42 Å². The topological polar surface area (TPSA) is 0 Å². The number of hydrogen-bond donors (Lipinski definition) is 0. The van der Waals surface area contributed by atoms with E-state index in [1.807, 2.05) is 6.92 Å². The summed E-state index contributed by atoms with van der Waals surface area (Å²) < 4.78 is 0. The van der Waals surface area contributed by atoms with Crippen molar-refractivity contribution < 1.29 is 0 Å². The first-order valence-electron chi connectivity index (χ1n) is 4.52. The Morgan fingerprint density at radius 1 is 1.14 bits per heavy atom. The molecule has 14 heavy (non-hydrogen) atoms. The van der Waals surface area contributed by atoms with Gasteiger partial charge in [-0.1, -0.05) is 36.8 Å². The molecule has 1 aromatic carbocycles. The normalized spacial score (nSPS) is 14.1. The van der Waals surface area contributed by atoms with Gasteiger partial charge in [0.05, 0.1) is 0 Å². The van der Waals surface area contributed by atoms with Gasteiger partial charge in [-0.25, -0.2) is 0 Å². The lowest BCUT2D eigenvalue weighted by Gasteiger charge is -2.17. The second-order valence-electron chi connectivity index (χ2n) is 3.63. The van der Waals surface area contributed by atoms with E-state index in [1.54, 1.807) is 0 Å². The maximum absolute atomic E-state index is 5.93. The van der Waals surface area contributed by atoms with Crippen molar-refractivity contribution in [2.75, 3.05) is 0 Å². The van der Waals surface area contributed by atoms with Crippen LogP contribution in [0.5, 0.6) is 0 Å². The van der Waals surface area contributed by atoms with Crippen LogP contribution in [-0.2, 0) is 6.42 Å². The molecule has 0 saturated heterocycles. The molecule has 1 rings (SSSR count). The Labute approximate surface area is 100 Å². The predicted octanol–water partition coefficient (Wildman–Crippen LogP) is 4.58. The third kappa shape index (κ3) is 3.82. The van der Waals surface area contributed by atoms with E-state index in [0.29, 0.717) is 0 Å². The molecular weight excluding hydrogens is 255 g/mol. The largest absolute Gasteiger partial charge is 0.344 e. The van der Waals surface area contributed by atoms with Crippen molar-refractivity contribution in [3.8, 4) is 0 Å². The Kier molecular flexibility index (Phi) is 4.32. The summed E-state index contributed by atoms with van der Waals surface area (Å²) in [5.74, 6) is 0. The van der Waals surface area contributed by atoms with Crippen LogP contribution in [0.3, 0.4) is 0 Å². The van der Waals surface area contributed by atoms with Crippen molar-refractivity contribution in [2.45, 2.75) is 25.8 Å². The lowest BCUT2D eigenvalue weighted by atomic mass is 10.1. The van der Waals surface area contributed by atoms with E-state index in [2.05, 4.69) is 31.2 Å². The quantitative estimate of drug-likeness (QED) is 0.555. The smallest absolute Gasteiger partial charge is 0.126 e. The van der Waals surface area contributed by atoms with Crippen molar-refractivity contribution in [3.05, 3.63) is 35.4 Å². The van der Waals surface area contributed by atoms with Crippen LogP contribution in [-0.4, -0.2) is 6.00 Å². The maximum Gasteiger partial charge on any atom is 0.344 e. The van der Waals surface area contributed by atoms with Crippen LogP contribution in [0.2, 0.25) is 5.54 Å². The zero-order valence-corrected chi connectivity index (χ0v) is 11.5. The predicted molar refractivity (Wildman–Crippen MR) is 67.6 cm³/mol. The fourth-order valence-corrected chi connectivity index (χ4v) is 2.35. The number of halogens is 3. The highest BCUT2D eigenvalue weighted by atomic mass is 35.8. The summed E-state index contributed by atoms with van der Waals surface area (Å²) in [4.78, 5) is 0. The molecule has 0 aliphatic heterocycles. The van der Waals surface area contributed by atoms with Crippen LogP contribution in [0.25, 0.3) is 0 Å². The third-order valence-electron chi connectivity index (χ3n) is 2.22. The molecule has 0 aliphatic rings. The fraction of sp³-hybridized carbons (Fsp3) is 0.400. The van der Waals surface area contributed by atoms with Gasteiger partial charge in [0.15, 0.2) is 0 Å². The van der Waals surface area contributed by atoms with Gasteiger partial charge in [0.2, 0.25) is 0 Å². The number of benzene rings is 1. The Bertz CT molecular complexity index is 289. The molecule has 0 fully saturated rings. The molecule has 0 bridgehead atoms. The molecule has 0 spiro atoms. The maximum atomic E-state index is 5.93. The monoisotopic (exact) mass is 266 g/mol. The second-order valence-corrected chi connectivity index (χ2v) is 12.8. The highest BCUT2D eigenvalue weighted by Gasteiger charge is 2.32. The molecule has 1 unspecified atom stereocenters. The van der Waals surface area contributed by atoms with Crippen molar-refractivity contribution >= 4 is 39.2 Å². The van der Waals surface area contributed by atoms with Crippen LogP contribution in [0.15, 0.2) is 24.3 Å². The van der Waals surface area contributed by atoms with Gasteiger partial charge in [-0.05, 0) is 24.4 Å². The lowest BCUT2D eigenvalue weighted by Crippen LogP contribution is -2.18. The second kappa shape index (κ2) is 4.89. The van der Waals surface area contributed by atoms with Crippen molar-refractivity contribution in [1.82, 2.24) is 0 Å². The summed E-state index contributed by atoms with van der Waals surface area (Å²) in [5, 5.41) is 0. The molecule has 0 aliphatic carbocycles. The molecule has 0 aromatic heterocycles. The summed E-state index contributed by atoms with van der Waals surface area (Å²) >= 11 is 17.8. The number of hydrogen-bond acceptors (Lipinski definition) is 0. The molecule has 0 N–H and O–H groups in total. The van der Waals surface area contributed by atoms with Gasteiger partial charge >= 0.3 is 6.00 Å². The average Bonchev–Trinajstić information content (AvgIpc) is 2.07. The minimum absolute atomic E-state index is 0.162. The average molecular weight is 268 g/mol. The first kappa shape index (κ1) is 12.4. The third-order valence-corrected chi connectivity index (χ3v) is 6.90. The first-order chi connectivity index (χ1) is 6.39. The molecule has 1 atom stereocenters. The molecule has 0 radical (unpaired) electrons. The standard InChI is InChI=1S/C10H13Cl3Si/c1-8-3-5-10(6-4-8)7-9(2)14(11,12)13/h3-6,9H,7H2,1-2H3. The van der Waals surface area contributed by atoms with Crippen LogP contribution in [0.1, 0.15) is 18.1 Å². The van der Waals surface area contributed by atoms with Gasteiger partial charge in [-0.3, -0.25) is 0 Å². The summed E-state index contributed by atoms with van der Waals surface area (Å²) in [6, 6.07) is 5.82. The summed E-state index contributed by atoms with van der Waals surface area (Å²) in [5.41, 5.74) is 2.66. The van der Waals surface area contributed by atoms with E-state index in [9.17, 15) is 0 Å². The molecule has 0 amide bonds. The highest BCUT2D eigenvalue weighted by Crippen LogP contribution is 2.35. The van der Waals surface area contributed by atoms with E-state index in [4.69, 9.17) is 33.2 Å². The van der Waals surface area contributed by atoms with Gasteiger partial charge in [0.1, 0.15) is 0 Å². The Morgan fingerprint density at radius 3 is 2.07 bits per heavy atom. The van der Waals surface area contributed by atoms with Crippen LogP contribution >= 0.6 is 33.2 Å². The number of aryl methyl sites for hydroxylation is 1. The number of rotatable bonds is 3. The summed E-state index contributed by atoms with van der Waals surface area (Å²) in [6.45, 7) is 4.07. The highest BCUT2D eigenvalue weighted by molar-refractivity contribution is 7.65. The van der Waals surface area contributed by atoms with E-state index >= 15 is 0 Å². The molecule has 4 heteroatoms.